The summed E-state index contributed by atoms with van der Waals surface area (Å²) in [5.74, 6) is -2.87. The van der Waals surface area contributed by atoms with Crippen LogP contribution in [-0.2, 0) is 33.9 Å². The van der Waals surface area contributed by atoms with Crippen molar-refractivity contribution in [3.8, 4) is 0 Å². The molecule has 1 unspecified atom stereocenters. The summed E-state index contributed by atoms with van der Waals surface area (Å²) in [5.41, 5.74) is 0. The summed E-state index contributed by atoms with van der Waals surface area (Å²) in [6, 6.07) is 0. The Balaban J connectivity index is 4.55. The smallest absolute Gasteiger partial charge is 0.325 e. The first-order chi connectivity index (χ1) is 13.7. The number of hydrogen-bond acceptors (Lipinski definition) is 7. The third-order valence-electron chi connectivity index (χ3n) is 4.18. The Morgan fingerprint density at radius 3 is 1.72 bits per heavy atom. The van der Waals surface area contributed by atoms with Crippen LogP contribution in [0.5, 0.6) is 0 Å². The molecule has 0 bridgehead atoms. The van der Waals surface area contributed by atoms with Crippen molar-refractivity contribution < 1.29 is 41.9 Å². The molecule has 9 nitrogen and oxygen atoms in total. The molecule has 0 fully saturated rings. The summed E-state index contributed by atoms with van der Waals surface area (Å²) >= 11 is 0. The van der Waals surface area contributed by atoms with Gasteiger partial charge in [0.05, 0.1) is 19.6 Å². The van der Waals surface area contributed by atoms with Crippen molar-refractivity contribution in [2.24, 2.45) is 0 Å². The van der Waals surface area contributed by atoms with Gasteiger partial charge in [0.25, 0.3) is 10.1 Å². The van der Waals surface area contributed by atoms with Crippen LogP contribution in [0.25, 0.3) is 0 Å². The number of carbonyl (C=O) groups excluding carboxylic acids is 1. The van der Waals surface area contributed by atoms with Crippen LogP contribution < -0.4 is 0 Å². The molecular formula is C19H36O9S. The number of carboxylic acid groups (broad SMARTS) is 1. The summed E-state index contributed by atoms with van der Waals surface area (Å²) in [6.07, 6.45) is 6.45. The first-order valence-electron chi connectivity index (χ1n) is 10.3. The zero-order chi connectivity index (χ0) is 22.1. The van der Waals surface area contributed by atoms with Crippen LogP contribution in [-0.4, -0.2) is 67.8 Å². The molecule has 0 rings (SSSR count). The number of ether oxygens (including phenoxy) is 3. The molecular weight excluding hydrogens is 404 g/mol. The van der Waals surface area contributed by atoms with E-state index >= 15 is 0 Å². The molecule has 172 valence electrons. The first-order valence-corrected chi connectivity index (χ1v) is 11.8. The Bertz CT molecular complexity index is 532. The number of esters is 1. The molecule has 0 aliphatic carbocycles. The number of aliphatic carboxylic acids is 1. The Morgan fingerprint density at radius 2 is 1.34 bits per heavy atom. The van der Waals surface area contributed by atoms with Crippen LogP contribution in [0.15, 0.2) is 0 Å². The quantitative estimate of drug-likeness (QED) is 0.176. The third-order valence-corrected chi connectivity index (χ3v) is 5.26. The molecule has 0 heterocycles. The molecule has 0 aromatic rings. The average Bonchev–Trinajstić information content (AvgIpc) is 2.63. The lowest BCUT2D eigenvalue weighted by atomic mass is 10.2. The molecule has 0 saturated carbocycles. The Morgan fingerprint density at radius 1 is 0.862 bits per heavy atom. The predicted molar refractivity (Wildman–Crippen MR) is 107 cm³/mol. The largest absolute Gasteiger partial charge is 0.480 e. The second-order valence-electron chi connectivity index (χ2n) is 6.93. The van der Waals surface area contributed by atoms with E-state index in [1.54, 1.807) is 0 Å². The highest BCUT2D eigenvalue weighted by Crippen LogP contribution is 2.09. The van der Waals surface area contributed by atoms with Crippen LogP contribution in [0, 0.1) is 0 Å². The van der Waals surface area contributed by atoms with Crippen molar-refractivity contribution in [3.63, 3.8) is 0 Å². The van der Waals surface area contributed by atoms with Crippen LogP contribution in [0.3, 0.4) is 0 Å². The number of hydrogen-bond donors (Lipinski definition) is 2. The van der Waals surface area contributed by atoms with E-state index in [1.165, 1.54) is 0 Å². The lowest BCUT2D eigenvalue weighted by Gasteiger charge is -2.19. The van der Waals surface area contributed by atoms with Gasteiger partial charge in [0, 0.05) is 13.2 Å². The molecule has 1 atom stereocenters. The number of unbranched alkanes of at least 4 members (excludes halogenated alkanes) is 6. The monoisotopic (exact) mass is 440 g/mol. The lowest BCUT2D eigenvalue weighted by Crippen LogP contribution is -2.35. The summed E-state index contributed by atoms with van der Waals surface area (Å²) in [5, 5.41) is 6.62. The Labute approximate surface area is 173 Å². The van der Waals surface area contributed by atoms with E-state index in [1.807, 2.05) is 0 Å². The van der Waals surface area contributed by atoms with E-state index in [4.69, 9.17) is 23.9 Å². The number of carboxylic acids is 1. The molecule has 2 N–H and O–H groups in total. The fraction of sp³-hybridized carbons (Fsp3) is 0.895. The van der Waals surface area contributed by atoms with E-state index in [0.717, 1.165) is 51.4 Å². The van der Waals surface area contributed by atoms with Crippen molar-refractivity contribution in [2.75, 3.05) is 26.4 Å². The van der Waals surface area contributed by atoms with Gasteiger partial charge in [0.15, 0.2) is 5.25 Å². The summed E-state index contributed by atoms with van der Waals surface area (Å²) in [6.45, 7) is 5.32. The van der Waals surface area contributed by atoms with Gasteiger partial charge in [-0.05, 0) is 12.8 Å². The summed E-state index contributed by atoms with van der Waals surface area (Å²) in [7, 11) is -4.92. The first kappa shape index (κ1) is 27.8. The normalized spacial score (nSPS) is 12.8. The van der Waals surface area contributed by atoms with E-state index in [0.29, 0.717) is 13.2 Å². The van der Waals surface area contributed by atoms with Crippen molar-refractivity contribution >= 4 is 22.1 Å². The minimum atomic E-state index is -4.92. The van der Waals surface area contributed by atoms with Gasteiger partial charge in [-0.25, -0.2) is 0 Å². The highest BCUT2D eigenvalue weighted by atomic mass is 32.2. The summed E-state index contributed by atoms with van der Waals surface area (Å²) in [4.78, 5) is 23.0. The van der Waals surface area contributed by atoms with E-state index in [-0.39, 0.29) is 13.2 Å². The van der Waals surface area contributed by atoms with Gasteiger partial charge in [-0.15, -0.1) is 0 Å². The van der Waals surface area contributed by atoms with E-state index in [9.17, 15) is 18.0 Å². The van der Waals surface area contributed by atoms with Gasteiger partial charge in [-0.2, -0.15) is 8.42 Å². The molecule has 0 aliphatic heterocycles. The molecule has 0 aliphatic rings. The predicted octanol–water partition coefficient (Wildman–Crippen LogP) is 2.82. The van der Waals surface area contributed by atoms with E-state index < -0.39 is 39.8 Å². The van der Waals surface area contributed by atoms with Crippen molar-refractivity contribution in [1.82, 2.24) is 0 Å². The minimum Gasteiger partial charge on any atom is -0.480 e. The SMILES string of the molecule is CCCCCCOCC(COCCCCCC)OC(=O)CC(C(=O)O)S(=O)(=O)O. The third kappa shape index (κ3) is 15.3. The molecule has 0 saturated heterocycles. The number of carbonyl (C=O) groups is 2. The standard InChI is InChI=1S/C19H36O9S/c1-3-5-7-9-11-26-14-16(15-27-12-10-8-6-4-2)28-18(20)13-17(19(21)22)29(23,24)25/h16-17H,3-15H2,1-2H3,(H,21,22)(H,23,24,25). The van der Waals surface area contributed by atoms with Gasteiger partial charge < -0.3 is 19.3 Å². The Kier molecular flexibility index (Phi) is 15.9. The maximum Gasteiger partial charge on any atom is 0.325 e. The Hall–Kier alpha value is -1.23. The van der Waals surface area contributed by atoms with Crippen molar-refractivity contribution in [1.29, 1.82) is 0 Å². The van der Waals surface area contributed by atoms with Crippen molar-refractivity contribution in [2.45, 2.75) is 83.0 Å². The zero-order valence-electron chi connectivity index (χ0n) is 17.5. The van der Waals surface area contributed by atoms with Crippen LogP contribution in [0.4, 0.5) is 0 Å². The fourth-order valence-electron chi connectivity index (χ4n) is 2.51. The van der Waals surface area contributed by atoms with Gasteiger partial charge in [-0.3, -0.25) is 14.1 Å². The van der Waals surface area contributed by atoms with E-state index in [2.05, 4.69) is 13.8 Å². The molecule has 29 heavy (non-hydrogen) atoms. The molecule has 0 spiro atoms. The summed E-state index contributed by atoms with van der Waals surface area (Å²) < 4.78 is 47.4. The van der Waals surface area contributed by atoms with Crippen molar-refractivity contribution in [3.05, 3.63) is 0 Å². The molecule has 0 radical (unpaired) electrons. The maximum absolute atomic E-state index is 12.0. The highest BCUT2D eigenvalue weighted by Gasteiger charge is 2.34. The topological polar surface area (TPSA) is 136 Å². The zero-order valence-corrected chi connectivity index (χ0v) is 18.3. The lowest BCUT2D eigenvalue weighted by molar-refractivity contribution is -0.158. The molecule has 0 aromatic carbocycles. The molecule has 0 amide bonds. The van der Waals surface area contributed by atoms with Gasteiger partial charge in [0.2, 0.25) is 0 Å². The second-order valence-corrected chi connectivity index (χ2v) is 8.53. The molecule has 0 aromatic heterocycles. The number of rotatable bonds is 19. The van der Waals surface area contributed by atoms with Gasteiger partial charge in [-0.1, -0.05) is 52.4 Å². The second kappa shape index (κ2) is 16.6. The minimum absolute atomic E-state index is 0.0659. The average molecular weight is 441 g/mol. The van der Waals surface area contributed by atoms with Crippen LogP contribution >= 0.6 is 0 Å². The maximum atomic E-state index is 12.0. The van der Waals surface area contributed by atoms with Crippen LogP contribution in [0.2, 0.25) is 0 Å². The van der Waals surface area contributed by atoms with Gasteiger partial charge in [0.1, 0.15) is 6.10 Å². The fourth-order valence-corrected chi connectivity index (χ4v) is 3.11. The van der Waals surface area contributed by atoms with Gasteiger partial charge >= 0.3 is 11.9 Å². The van der Waals surface area contributed by atoms with Crippen LogP contribution in [0.1, 0.15) is 71.6 Å². The molecule has 10 heteroatoms. The highest BCUT2D eigenvalue weighted by molar-refractivity contribution is 7.87.